The fraction of sp³-hybridized carbons (Fsp3) is 0.182. The molecule has 0 saturated carbocycles. The summed E-state index contributed by atoms with van der Waals surface area (Å²) in [4.78, 5) is 19.4. The van der Waals surface area contributed by atoms with Crippen LogP contribution in [0.2, 0.25) is 10.0 Å². The molecule has 1 saturated heterocycles. The molecule has 3 aromatic heterocycles. The molecule has 9 heteroatoms. The molecule has 0 spiro atoms. The van der Waals surface area contributed by atoms with Crippen LogP contribution in [0.4, 0.5) is 5.69 Å². The van der Waals surface area contributed by atoms with Gasteiger partial charge < -0.3 is 14.6 Å². The van der Waals surface area contributed by atoms with Crippen LogP contribution in [0, 0.1) is 0 Å². The van der Waals surface area contributed by atoms with Crippen molar-refractivity contribution in [2.75, 3.05) is 18.0 Å². The largest absolute Gasteiger partial charge is 0.389 e. The molecular weight excluding hydrogens is 455 g/mol. The van der Waals surface area contributed by atoms with Gasteiger partial charge in [0.05, 0.1) is 34.6 Å². The number of nitrogens with zero attached hydrogens (tertiary/aromatic N) is 4. The van der Waals surface area contributed by atoms with Gasteiger partial charge in [-0.05, 0) is 35.4 Å². The molecule has 158 valence electrons. The third kappa shape index (κ3) is 3.83. The molecule has 0 atom stereocenters. The van der Waals surface area contributed by atoms with E-state index >= 15 is 0 Å². The first-order valence-corrected chi connectivity index (χ1v) is 10.8. The van der Waals surface area contributed by atoms with Gasteiger partial charge in [0, 0.05) is 42.5 Å². The van der Waals surface area contributed by atoms with Crippen LogP contribution in [0.25, 0.3) is 22.2 Å². The zero-order valence-corrected chi connectivity index (χ0v) is 18.6. The van der Waals surface area contributed by atoms with Gasteiger partial charge in [-0.25, -0.2) is 4.98 Å². The highest BCUT2D eigenvalue weighted by Gasteiger charge is 2.25. The molecule has 1 N–H and O–H groups in total. The highest BCUT2D eigenvalue weighted by molar-refractivity contribution is 7.78. The number of pyridine rings is 2. The summed E-state index contributed by atoms with van der Waals surface area (Å²) in [7, 11) is 0. The zero-order valence-electron chi connectivity index (χ0n) is 16.2. The van der Waals surface area contributed by atoms with E-state index in [1.807, 2.05) is 24.4 Å². The smallest absolute Gasteiger partial charge is 0.251 e. The van der Waals surface area contributed by atoms with E-state index in [0.717, 1.165) is 27.8 Å². The molecule has 6 nitrogen and oxygen atoms in total. The highest BCUT2D eigenvalue weighted by Crippen LogP contribution is 2.33. The van der Waals surface area contributed by atoms with Crippen LogP contribution in [0.15, 0.2) is 59.8 Å². The lowest BCUT2D eigenvalue weighted by atomic mass is 10.1. The van der Waals surface area contributed by atoms with E-state index in [2.05, 4.69) is 22.7 Å². The summed E-state index contributed by atoms with van der Waals surface area (Å²) in [6.07, 6.45) is 5.10. The molecule has 1 aliphatic heterocycles. The number of fused-ring (bicyclic) bond motifs is 1. The minimum atomic E-state index is -0.298. The number of aromatic nitrogens is 3. The Hall–Kier alpha value is -2.45. The van der Waals surface area contributed by atoms with Gasteiger partial charge in [0.2, 0.25) is 0 Å². The standard InChI is InChI=1S/C22H18Cl2N4O2S/c23-19-2-1-13(5-20(19)24)9-26-4-3-14(6-21(26)30)18-12-28(31)22-17(18)7-15(8-25-22)27-10-16(29)11-27/h1-8,12,16,29,31H,9-11H2. The Kier molecular flexibility index (Phi) is 5.22. The van der Waals surface area contributed by atoms with Crippen molar-refractivity contribution >= 4 is 52.7 Å². The van der Waals surface area contributed by atoms with Crippen molar-refractivity contribution in [3.63, 3.8) is 0 Å². The summed E-state index contributed by atoms with van der Waals surface area (Å²) in [5, 5.41) is 11.4. The Labute approximate surface area is 193 Å². The van der Waals surface area contributed by atoms with E-state index in [9.17, 15) is 9.90 Å². The number of hydrogen-bond donors (Lipinski definition) is 2. The molecule has 0 bridgehead atoms. The lowest BCUT2D eigenvalue weighted by Gasteiger charge is -2.37. The summed E-state index contributed by atoms with van der Waals surface area (Å²) in [6.45, 7) is 1.58. The van der Waals surface area contributed by atoms with E-state index in [4.69, 9.17) is 23.2 Å². The normalized spacial score (nSPS) is 14.3. The average Bonchev–Trinajstić information content (AvgIpc) is 3.06. The first kappa shape index (κ1) is 20.5. The molecule has 0 amide bonds. The molecule has 5 rings (SSSR count). The lowest BCUT2D eigenvalue weighted by molar-refractivity contribution is 0.142. The van der Waals surface area contributed by atoms with Crippen LogP contribution in [-0.4, -0.2) is 37.8 Å². The van der Waals surface area contributed by atoms with Gasteiger partial charge in [-0.3, -0.25) is 8.77 Å². The molecule has 0 aliphatic carbocycles. The molecule has 1 aliphatic rings. The first-order valence-electron chi connectivity index (χ1n) is 9.67. The van der Waals surface area contributed by atoms with Crippen LogP contribution in [0.3, 0.4) is 0 Å². The van der Waals surface area contributed by atoms with E-state index in [1.165, 1.54) is 0 Å². The molecular formula is C22H18Cl2N4O2S. The van der Waals surface area contributed by atoms with Crippen LogP contribution >= 0.6 is 36.0 Å². The van der Waals surface area contributed by atoms with Crippen molar-refractivity contribution < 1.29 is 5.11 Å². The number of benzene rings is 1. The van der Waals surface area contributed by atoms with E-state index in [1.54, 1.807) is 39.1 Å². The molecule has 1 aromatic carbocycles. The second-order valence-corrected chi connectivity index (χ2v) is 8.89. The first-order chi connectivity index (χ1) is 14.9. The molecule has 4 aromatic rings. The summed E-state index contributed by atoms with van der Waals surface area (Å²) >= 11 is 16.5. The van der Waals surface area contributed by atoms with E-state index in [-0.39, 0.29) is 11.7 Å². The second-order valence-electron chi connectivity index (χ2n) is 7.64. The number of hydrogen-bond acceptors (Lipinski definition) is 5. The van der Waals surface area contributed by atoms with Gasteiger partial charge in [-0.1, -0.05) is 42.1 Å². The van der Waals surface area contributed by atoms with E-state index < -0.39 is 0 Å². The van der Waals surface area contributed by atoms with Crippen molar-refractivity contribution in [2.45, 2.75) is 12.6 Å². The number of aliphatic hydroxyl groups excluding tert-OH is 1. The van der Waals surface area contributed by atoms with Crippen molar-refractivity contribution in [2.24, 2.45) is 0 Å². The third-order valence-electron chi connectivity index (χ3n) is 5.48. The van der Waals surface area contributed by atoms with Gasteiger partial charge in [-0.2, -0.15) is 0 Å². The molecule has 4 heterocycles. The number of β-amino-alcohol motifs (C(OH)–C–C–N with tert-alkyl or cyclic N) is 1. The second kappa shape index (κ2) is 7.91. The summed E-state index contributed by atoms with van der Waals surface area (Å²) in [6, 6.07) is 10.9. The van der Waals surface area contributed by atoms with Gasteiger partial charge in [0.1, 0.15) is 0 Å². The van der Waals surface area contributed by atoms with Crippen LogP contribution in [0.5, 0.6) is 0 Å². The van der Waals surface area contributed by atoms with Crippen LogP contribution < -0.4 is 10.5 Å². The Balaban J connectivity index is 1.49. The quantitative estimate of drug-likeness (QED) is 0.439. The number of thiol groups is 1. The van der Waals surface area contributed by atoms with Crippen LogP contribution in [0.1, 0.15) is 5.56 Å². The summed E-state index contributed by atoms with van der Waals surface area (Å²) in [5.41, 5.74) is 4.07. The van der Waals surface area contributed by atoms with Crippen molar-refractivity contribution in [1.82, 2.24) is 13.5 Å². The Bertz CT molecular complexity index is 1360. The number of halogens is 2. The maximum atomic E-state index is 12.8. The van der Waals surface area contributed by atoms with E-state index in [0.29, 0.717) is 35.3 Å². The SMILES string of the molecule is O=c1cc(-c2cn(S)c3ncc(N4CC(O)C4)cc23)ccn1Cc1ccc(Cl)c(Cl)c1. The Morgan fingerprint density at radius 1 is 1.13 bits per heavy atom. The highest BCUT2D eigenvalue weighted by atomic mass is 35.5. The fourth-order valence-electron chi connectivity index (χ4n) is 3.79. The predicted molar refractivity (Wildman–Crippen MR) is 128 cm³/mol. The fourth-order valence-corrected chi connectivity index (χ4v) is 4.39. The topological polar surface area (TPSA) is 63.3 Å². The predicted octanol–water partition coefficient (Wildman–Crippen LogP) is 4.09. The number of aliphatic hydroxyl groups is 1. The van der Waals surface area contributed by atoms with Gasteiger partial charge >= 0.3 is 0 Å². The maximum Gasteiger partial charge on any atom is 0.251 e. The summed E-state index contributed by atoms with van der Waals surface area (Å²) in [5.74, 6) is 0. The zero-order chi connectivity index (χ0) is 21.7. The van der Waals surface area contributed by atoms with Gasteiger partial charge in [0.15, 0.2) is 5.65 Å². The monoisotopic (exact) mass is 472 g/mol. The summed E-state index contributed by atoms with van der Waals surface area (Å²) < 4.78 is 3.27. The minimum Gasteiger partial charge on any atom is -0.389 e. The average molecular weight is 473 g/mol. The van der Waals surface area contributed by atoms with Gasteiger partial charge in [-0.15, -0.1) is 0 Å². The molecule has 0 radical (unpaired) electrons. The molecule has 1 fully saturated rings. The molecule has 0 unspecified atom stereocenters. The van der Waals surface area contributed by atoms with Crippen LogP contribution in [-0.2, 0) is 6.54 Å². The minimum absolute atomic E-state index is 0.126. The lowest BCUT2D eigenvalue weighted by Crippen LogP contribution is -2.50. The Morgan fingerprint density at radius 3 is 2.65 bits per heavy atom. The van der Waals surface area contributed by atoms with Gasteiger partial charge in [0.25, 0.3) is 5.56 Å². The van der Waals surface area contributed by atoms with Crippen molar-refractivity contribution in [3.05, 3.63) is 81.0 Å². The number of rotatable bonds is 4. The number of anilines is 1. The maximum absolute atomic E-state index is 12.8. The van der Waals surface area contributed by atoms with Crippen molar-refractivity contribution in [3.8, 4) is 11.1 Å². The third-order valence-corrected chi connectivity index (χ3v) is 6.53. The molecule has 31 heavy (non-hydrogen) atoms. The Morgan fingerprint density at radius 2 is 1.94 bits per heavy atom. The van der Waals surface area contributed by atoms with Crippen molar-refractivity contribution in [1.29, 1.82) is 0 Å².